The molecule has 0 radical (unpaired) electrons. The van der Waals surface area contributed by atoms with Crippen LogP contribution in [0.5, 0.6) is 0 Å². The first-order valence-electron chi connectivity index (χ1n) is 11.1. The van der Waals surface area contributed by atoms with Gasteiger partial charge in [-0.25, -0.2) is 13.6 Å². The van der Waals surface area contributed by atoms with Crippen LogP contribution in [-0.2, 0) is 6.54 Å². The standard InChI is InChI=1S/C25H20F2N4O5/c26-16-4-6-20-18(13-16)22(32)28-25(35)31(20)14-15-3-5-19(27)17(12-15)23(33)29-7-9-30(10-8-29)24(34)21-2-1-11-36-21/h1-6,11-13H,7-10,14H2,(H,28,32,35). The second-order valence-electron chi connectivity index (χ2n) is 8.38. The zero-order chi connectivity index (χ0) is 25.4. The molecule has 0 spiro atoms. The van der Waals surface area contributed by atoms with Gasteiger partial charge in [-0.15, -0.1) is 0 Å². The fourth-order valence-corrected chi connectivity index (χ4v) is 4.28. The van der Waals surface area contributed by atoms with E-state index in [0.717, 1.165) is 18.2 Å². The van der Waals surface area contributed by atoms with E-state index >= 15 is 0 Å². The average molecular weight is 494 g/mol. The normalized spacial score (nSPS) is 13.8. The minimum absolute atomic E-state index is 0.00465. The van der Waals surface area contributed by atoms with Crippen LogP contribution < -0.4 is 11.2 Å². The number of rotatable bonds is 4. The number of H-pyrrole nitrogens is 1. The highest BCUT2D eigenvalue weighted by Crippen LogP contribution is 2.18. The molecule has 5 rings (SSSR count). The van der Waals surface area contributed by atoms with Crippen molar-refractivity contribution < 1.29 is 22.8 Å². The van der Waals surface area contributed by atoms with Crippen LogP contribution in [0.15, 0.2) is 68.8 Å². The van der Waals surface area contributed by atoms with Gasteiger partial charge in [-0.3, -0.25) is 23.9 Å². The van der Waals surface area contributed by atoms with Gasteiger partial charge in [-0.2, -0.15) is 0 Å². The number of furan rings is 1. The van der Waals surface area contributed by atoms with Crippen LogP contribution in [0.2, 0.25) is 0 Å². The Hall–Kier alpha value is -4.54. The Kier molecular flexibility index (Phi) is 5.96. The number of aromatic amines is 1. The molecular weight excluding hydrogens is 474 g/mol. The smallest absolute Gasteiger partial charge is 0.329 e. The Morgan fingerprint density at radius 1 is 0.917 bits per heavy atom. The second kappa shape index (κ2) is 9.25. The third-order valence-corrected chi connectivity index (χ3v) is 6.15. The molecule has 0 saturated carbocycles. The van der Waals surface area contributed by atoms with Crippen molar-refractivity contribution in [2.45, 2.75) is 6.54 Å². The van der Waals surface area contributed by atoms with E-state index in [1.54, 1.807) is 17.0 Å². The lowest BCUT2D eigenvalue weighted by atomic mass is 10.1. The molecular formula is C25H20F2N4O5. The third-order valence-electron chi connectivity index (χ3n) is 6.15. The predicted molar refractivity (Wildman–Crippen MR) is 125 cm³/mol. The number of amides is 2. The predicted octanol–water partition coefficient (Wildman–Crippen LogP) is 2.21. The number of fused-ring (bicyclic) bond motifs is 1. The number of carbonyl (C=O) groups excluding carboxylic acids is 2. The summed E-state index contributed by atoms with van der Waals surface area (Å²) in [6.07, 6.45) is 1.41. The summed E-state index contributed by atoms with van der Waals surface area (Å²) >= 11 is 0. The van der Waals surface area contributed by atoms with E-state index in [9.17, 15) is 28.0 Å². The van der Waals surface area contributed by atoms with E-state index in [1.165, 1.54) is 33.9 Å². The number of nitrogens with zero attached hydrogens (tertiary/aromatic N) is 3. The summed E-state index contributed by atoms with van der Waals surface area (Å²) in [7, 11) is 0. The van der Waals surface area contributed by atoms with Gasteiger partial charge in [-0.05, 0) is 48.0 Å². The van der Waals surface area contributed by atoms with Gasteiger partial charge in [0.1, 0.15) is 11.6 Å². The van der Waals surface area contributed by atoms with Gasteiger partial charge < -0.3 is 14.2 Å². The van der Waals surface area contributed by atoms with E-state index in [1.807, 2.05) is 0 Å². The van der Waals surface area contributed by atoms with Gasteiger partial charge in [-0.1, -0.05) is 6.07 Å². The molecule has 1 aliphatic heterocycles. The lowest BCUT2D eigenvalue weighted by Gasteiger charge is -2.34. The number of hydrogen-bond donors (Lipinski definition) is 1. The van der Waals surface area contributed by atoms with Crippen molar-refractivity contribution in [3.05, 3.63) is 104 Å². The lowest BCUT2D eigenvalue weighted by molar-refractivity contribution is 0.0515. The molecule has 1 saturated heterocycles. The van der Waals surface area contributed by atoms with Crippen LogP contribution in [0.25, 0.3) is 10.9 Å². The first kappa shape index (κ1) is 23.2. The van der Waals surface area contributed by atoms with Crippen molar-refractivity contribution in [2.75, 3.05) is 26.2 Å². The number of aromatic nitrogens is 2. The van der Waals surface area contributed by atoms with Crippen molar-refractivity contribution >= 4 is 22.7 Å². The Bertz CT molecular complexity index is 1580. The molecule has 2 aromatic carbocycles. The SMILES string of the molecule is O=C(c1ccco1)N1CCN(C(=O)c2cc(Cn3c(=O)[nH]c(=O)c4cc(F)ccc43)ccc2F)CC1. The van der Waals surface area contributed by atoms with Crippen molar-refractivity contribution in [2.24, 2.45) is 0 Å². The molecule has 3 heterocycles. The Labute approximate surface area is 202 Å². The minimum atomic E-state index is -0.724. The van der Waals surface area contributed by atoms with Crippen LogP contribution in [0.1, 0.15) is 26.5 Å². The number of carbonyl (C=O) groups is 2. The molecule has 9 nitrogen and oxygen atoms in total. The molecule has 2 amide bonds. The monoisotopic (exact) mass is 494 g/mol. The quantitative estimate of drug-likeness (QED) is 0.468. The van der Waals surface area contributed by atoms with Crippen molar-refractivity contribution in [1.82, 2.24) is 19.4 Å². The number of hydrogen-bond acceptors (Lipinski definition) is 5. The molecule has 1 fully saturated rings. The molecule has 36 heavy (non-hydrogen) atoms. The van der Waals surface area contributed by atoms with E-state index in [2.05, 4.69) is 4.98 Å². The van der Waals surface area contributed by atoms with Gasteiger partial charge in [0.05, 0.1) is 29.3 Å². The van der Waals surface area contributed by atoms with Crippen LogP contribution in [-0.4, -0.2) is 57.3 Å². The first-order valence-corrected chi connectivity index (χ1v) is 11.1. The highest BCUT2D eigenvalue weighted by Gasteiger charge is 2.28. The fraction of sp³-hybridized carbons (Fsp3) is 0.200. The number of piperazine rings is 1. The summed E-state index contributed by atoms with van der Waals surface area (Å²) in [6, 6.07) is 10.6. The second-order valence-corrected chi connectivity index (χ2v) is 8.38. The van der Waals surface area contributed by atoms with Gasteiger partial charge in [0.25, 0.3) is 17.4 Å². The van der Waals surface area contributed by atoms with Gasteiger partial charge in [0.2, 0.25) is 0 Å². The molecule has 11 heteroatoms. The number of nitrogens with one attached hydrogen (secondary N) is 1. The molecule has 1 aliphatic rings. The Morgan fingerprint density at radius 3 is 2.33 bits per heavy atom. The zero-order valence-electron chi connectivity index (χ0n) is 18.9. The minimum Gasteiger partial charge on any atom is -0.459 e. The average Bonchev–Trinajstić information content (AvgIpc) is 3.42. The molecule has 2 aromatic heterocycles. The summed E-state index contributed by atoms with van der Waals surface area (Å²) in [5.74, 6) is -1.96. The van der Waals surface area contributed by atoms with Gasteiger partial charge >= 0.3 is 5.69 Å². The molecule has 0 atom stereocenters. The Balaban J connectivity index is 1.37. The van der Waals surface area contributed by atoms with Gasteiger partial charge in [0, 0.05) is 26.2 Å². The van der Waals surface area contributed by atoms with E-state index in [0.29, 0.717) is 5.56 Å². The number of halogens is 2. The van der Waals surface area contributed by atoms with Crippen LogP contribution in [0.4, 0.5) is 8.78 Å². The summed E-state index contributed by atoms with van der Waals surface area (Å²) in [5, 5.41) is -0.00465. The maximum atomic E-state index is 14.7. The molecule has 4 aromatic rings. The molecule has 184 valence electrons. The van der Waals surface area contributed by atoms with E-state index < -0.39 is 28.8 Å². The summed E-state index contributed by atoms with van der Waals surface area (Å²) in [5.41, 5.74) is -0.962. The largest absolute Gasteiger partial charge is 0.459 e. The highest BCUT2D eigenvalue weighted by molar-refractivity contribution is 5.95. The maximum Gasteiger partial charge on any atom is 0.329 e. The van der Waals surface area contributed by atoms with Crippen molar-refractivity contribution in [3.63, 3.8) is 0 Å². The third kappa shape index (κ3) is 4.30. The van der Waals surface area contributed by atoms with Crippen molar-refractivity contribution in [1.29, 1.82) is 0 Å². The zero-order valence-corrected chi connectivity index (χ0v) is 18.9. The molecule has 0 bridgehead atoms. The van der Waals surface area contributed by atoms with E-state index in [4.69, 9.17) is 4.42 Å². The lowest BCUT2D eigenvalue weighted by Crippen LogP contribution is -2.50. The van der Waals surface area contributed by atoms with Crippen LogP contribution in [0.3, 0.4) is 0 Å². The number of benzene rings is 2. The van der Waals surface area contributed by atoms with Crippen molar-refractivity contribution in [3.8, 4) is 0 Å². The Morgan fingerprint density at radius 2 is 1.64 bits per heavy atom. The summed E-state index contributed by atoms with van der Waals surface area (Å²) in [4.78, 5) is 55.3. The molecule has 0 aliphatic carbocycles. The summed E-state index contributed by atoms with van der Waals surface area (Å²) < 4.78 is 34.6. The molecule has 1 N–H and O–H groups in total. The van der Waals surface area contributed by atoms with Crippen LogP contribution >= 0.6 is 0 Å². The van der Waals surface area contributed by atoms with E-state index in [-0.39, 0.29) is 60.9 Å². The topological polar surface area (TPSA) is 109 Å². The maximum absolute atomic E-state index is 14.7. The van der Waals surface area contributed by atoms with Crippen LogP contribution in [0, 0.1) is 11.6 Å². The summed E-state index contributed by atoms with van der Waals surface area (Å²) in [6.45, 7) is 0.878. The fourth-order valence-electron chi connectivity index (χ4n) is 4.28. The highest BCUT2D eigenvalue weighted by atomic mass is 19.1. The molecule has 0 unspecified atom stereocenters. The van der Waals surface area contributed by atoms with Gasteiger partial charge in [0.15, 0.2) is 5.76 Å². The first-order chi connectivity index (χ1) is 17.3.